The minimum absolute atomic E-state index is 0.0428. The fourth-order valence-corrected chi connectivity index (χ4v) is 6.53. The lowest BCUT2D eigenvalue weighted by molar-refractivity contribution is -0.0444. The average Bonchev–Trinajstić information content (AvgIpc) is 2.87. The van der Waals surface area contributed by atoms with Crippen molar-refractivity contribution in [3.63, 3.8) is 0 Å². The number of hydrogen-bond donors (Lipinski definition) is 3. The molecule has 8 nitrogen and oxygen atoms in total. The molecule has 1 saturated carbocycles. The lowest BCUT2D eigenvalue weighted by Gasteiger charge is -2.50. The van der Waals surface area contributed by atoms with Crippen molar-refractivity contribution in [3.05, 3.63) is 48.7 Å². The van der Waals surface area contributed by atoms with Gasteiger partial charge in [-0.05, 0) is 73.9 Å². The smallest absolute Gasteiger partial charge is 0.333 e. The predicted octanol–water partition coefficient (Wildman–Crippen LogP) is 3.88. The quantitative estimate of drug-likeness (QED) is 0.405. The zero-order chi connectivity index (χ0) is 25.0. The molecule has 4 fully saturated rings. The summed E-state index contributed by atoms with van der Waals surface area (Å²) in [4.78, 5) is 6.86. The van der Waals surface area contributed by atoms with Crippen molar-refractivity contribution < 1.29 is 22.8 Å². The number of piperidine rings is 3. The molecule has 1 aliphatic carbocycles. The van der Waals surface area contributed by atoms with E-state index in [9.17, 15) is 13.5 Å². The van der Waals surface area contributed by atoms with Crippen molar-refractivity contribution in [1.29, 1.82) is 0 Å². The van der Waals surface area contributed by atoms with Crippen LogP contribution in [-0.4, -0.2) is 60.2 Å². The lowest BCUT2D eigenvalue weighted by Crippen LogP contribution is -2.54. The van der Waals surface area contributed by atoms with Gasteiger partial charge < -0.3 is 9.84 Å². The normalized spacial score (nSPS) is 27.6. The van der Waals surface area contributed by atoms with Crippen molar-refractivity contribution in [2.45, 2.75) is 63.1 Å². The van der Waals surface area contributed by atoms with Crippen LogP contribution in [0.1, 0.15) is 56.6 Å². The molecule has 9 heteroatoms. The number of pyridine rings is 1. The van der Waals surface area contributed by atoms with Crippen LogP contribution in [0.15, 0.2) is 43.1 Å². The Bertz CT molecular complexity index is 1120. The molecular formula is C26H37N3O5S. The molecule has 3 aliphatic heterocycles. The molecule has 4 heterocycles. The third-order valence-electron chi connectivity index (χ3n) is 7.74. The van der Waals surface area contributed by atoms with E-state index in [2.05, 4.69) is 27.3 Å². The maximum absolute atomic E-state index is 11.2. The molecule has 1 aromatic heterocycles. The van der Waals surface area contributed by atoms with Gasteiger partial charge in [0.25, 0.3) is 0 Å². The van der Waals surface area contributed by atoms with Crippen molar-refractivity contribution in [2.24, 2.45) is 11.8 Å². The maximum atomic E-state index is 11.2. The van der Waals surface area contributed by atoms with Crippen LogP contribution in [-0.2, 0) is 10.3 Å². The average molecular weight is 504 g/mol. The van der Waals surface area contributed by atoms with E-state index in [1.807, 2.05) is 24.3 Å². The molecule has 0 radical (unpaired) electrons. The molecule has 1 unspecified atom stereocenters. The van der Waals surface area contributed by atoms with E-state index in [0.717, 1.165) is 67.4 Å². The molecule has 6 rings (SSSR count). The van der Waals surface area contributed by atoms with Crippen LogP contribution < -0.4 is 9.46 Å². The molecule has 0 spiro atoms. The van der Waals surface area contributed by atoms with Gasteiger partial charge in [-0.1, -0.05) is 25.3 Å². The molecule has 192 valence electrons. The summed E-state index contributed by atoms with van der Waals surface area (Å²) < 4.78 is 36.7. The summed E-state index contributed by atoms with van der Waals surface area (Å²) >= 11 is 0. The fourth-order valence-electron chi connectivity index (χ4n) is 5.88. The highest BCUT2D eigenvalue weighted by Gasteiger charge is 2.42. The Kier molecular flexibility index (Phi) is 8.44. The fraction of sp³-hybridized carbons (Fsp3) is 0.577. The summed E-state index contributed by atoms with van der Waals surface area (Å²) in [5.41, 5.74) is 1.85. The van der Waals surface area contributed by atoms with Gasteiger partial charge in [-0.2, -0.15) is 13.1 Å². The Morgan fingerprint density at radius 3 is 2.63 bits per heavy atom. The summed E-state index contributed by atoms with van der Waals surface area (Å²) in [5.74, 6) is 2.01. The topological polar surface area (TPSA) is 112 Å². The summed E-state index contributed by atoms with van der Waals surface area (Å²) in [5, 5.41) is 12.1. The summed E-state index contributed by atoms with van der Waals surface area (Å²) in [6.07, 6.45) is 10.6. The van der Waals surface area contributed by atoms with Crippen LogP contribution in [0, 0.1) is 11.8 Å². The van der Waals surface area contributed by atoms with E-state index in [-0.39, 0.29) is 12.1 Å². The van der Waals surface area contributed by atoms with E-state index in [4.69, 9.17) is 9.29 Å². The van der Waals surface area contributed by atoms with Gasteiger partial charge in [0.1, 0.15) is 5.75 Å². The van der Waals surface area contributed by atoms with Gasteiger partial charge in [-0.15, -0.1) is 6.58 Å². The summed E-state index contributed by atoms with van der Waals surface area (Å²) in [6, 6.07) is 7.91. The standard InChI is InChI=1S/C20H24N2O2.C6H13NO3S/c1-3-13-12-22-9-7-14(13)10-19(22)20(23)16-6-8-21-18-5-4-15(24-2)11-17(16)18;8-11(9,10)7-6-4-2-1-3-5-6/h3-6,8,11,13-14,19-20,23H,1,7,9-10,12H2,2H3;6-7H,1-5H2,(H,8,9,10)/t13-,14-,19-,20+;/m0./s1. The van der Waals surface area contributed by atoms with Gasteiger partial charge in [0.2, 0.25) is 0 Å². The Morgan fingerprint density at radius 1 is 1.23 bits per heavy atom. The first-order valence-electron chi connectivity index (χ1n) is 12.5. The lowest BCUT2D eigenvalue weighted by atomic mass is 9.73. The van der Waals surface area contributed by atoms with Crippen molar-refractivity contribution in [3.8, 4) is 5.75 Å². The molecule has 2 aromatic rings. The zero-order valence-electron chi connectivity index (χ0n) is 20.3. The SMILES string of the molecule is C=C[C@H]1CN2CC[C@H]1C[C@H]2[C@H](O)c1ccnc2ccc(OC)cc12.O=S(=O)(O)NC1CCCCC1. The van der Waals surface area contributed by atoms with Gasteiger partial charge in [0, 0.05) is 30.2 Å². The second-order valence-electron chi connectivity index (χ2n) is 9.90. The van der Waals surface area contributed by atoms with Gasteiger partial charge in [0.15, 0.2) is 0 Å². The monoisotopic (exact) mass is 503 g/mol. The van der Waals surface area contributed by atoms with E-state index >= 15 is 0 Å². The Balaban J connectivity index is 0.000000221. The molecule has 1 aromatic carbocycles. The summed E-state index contributed by atoms with van der Waals surface area (Å²) in [6.45, 7) is 6.07. The third-order valence-corrected chi connectivity index (χ3v) is 8.37. The Hall–Kier alpha value is -2.04. The first-order valence-corrected chi connectivity index (χ1v) is 13.9. The van der Waals surface area contributed by atoms with Crippen LogP contribution in [0.5, 0.6) is 5.75 Å². The van der Waals surface area contributed by atoms with Gasteiger partial charge in [-0.25, -0.2) is 0 Å². The molecular weight excluding hydrogens is 466 g/mol. The van der Waals surface area contributed by atoms with Crippen LogP contribution >= 0.6 is 0 Å². The van der Waals surface area contributed by atoms with Crippen molar-refractivity contribution >= 4 is 21.2 Å². The predicted molar refractivity (Wildman–Crippen MR) is 137 cm³/mol. The number of hydrogen-bond acceptors (Lipinski definition) is 6. The van der Waals surface area contributed by atoms with Crippen molar-refractivity contribution in [1.82, 2.24) is 14.6 Å². The van der Waals surface area contributed by atoms with Crippen molar-refractivity contribution in [2.75, 3.05) is 20.2 Å². The highest BCUT2D eigenvalue weighted by molar-refractivity contribution is 7.83. The largest absolute Gasteiger partial charge is 0.497 e. The minimum Gasteiger partial charge on any atom is -0.497 e. The Labute approximate surface area is 208 Å². The van der Waals surface area contributed by atoms with Crippen LogP contribution in [0.2, 0.25) is 0 Å². The minimum atomic E-state index is -3.97. The zero-order valence-corrected chi connectivity index (χ0v) is 21.2. The number of nitrogens with zero attached hydrogens (tertiary/aromatic N) is 2. The van der Waals surface area contributed by atoms with Crippen LogP contribution in [0.3, 0.4) is 0 Å². The second-order valence-corrected chi connectivity index (χ2v) is 11.1. The molecule has 3 N–H and O–H groups in total. The van der Waals surface area contributed by atoms with E-state index in [1.165, 1.54) is 12.8 Å². The number of ether oxygens (including phenoxy) is 1. The first-order chi connectivity index (χ1) is 16.8. The number of nitrogens with one attached hydrogen (secondary N) is 1. The van der Waals surface area contributed by atoms with E-state index < -0.39 is 16.4 Å². The first kappa shape index (κ1) is 26.0. The number of methoxy groups -OCH3 is 1. The van der Waals surface area contributed by atoms with Gasteiger partial charge >= 0.3 is 10.3 Å². The number of benzene rings is 1. The summed E-state index contributed by atoms with van der Waals surface area (Å²) in [7, 11) is -2.31. The van der Waals surface area contributed by atoms with Gasteiger partial charge in [0.05, 0.1) is 18.7 Å². The molecule has 5 atom stereocenters. The molecule has 0 amide bonds. The maximum Gasteiger partial charge on any atom is 0.333 e. The number of aliphatic hydroxyl groups excluding tert-OH is 1. The number of aliphatic hydroxyl groups is 1. The van der Waals surface area contributed by atoms with Gasteiger partial charge in [-0.3, -0.25) is 14.4 Å². The number of aromatic nitrogens is 1. The molecule has 3 saturated heterocycles. The number of fused-ring (bicyclic) bond motifs is 4. The highest BCUT2D eigenvalue weighted by atomic mass is 32.2. The molecule has 4 aliphatic rings. The Morgan fingerprint density at radius 2 is 2.00 bits per heavy atom. The molecule has 2 bridgehead atoms. The molecule has 35 heavy (non-hydrogen) atoms. The third kappa shape index (κ3) is 6.40. The highest BCUT2D eigenvalue weighted by Crippen LogP contribution is 2.42. The number of rotatable bonds is 6. The van der Waals surface area contributed by atoms with Crippen LogP contribution in [0.4, 0.5) is 0 Å². The van der Waals surface area contributed by atoms with E-state index in [0.29, 0.717) is 11.8 Å². The van der Waals surface area contributed by atoms with Crippen LogP contribution in [0.25, 0.3) is 10.9 Å². The van der Waals surface area contributed by atoms with E-state index in [1.54, 1.807) is 13.3 Å². The second kappa shape index (κ2) is 11.3.